The zero-order valence-electron chi connectivity index (χ0n) is 16.7. The molecule has 1 unspecified atom stereocenters. The lowest BCUT2D eigenvalue weighted by molar-refractivity contribution is -0.131. The molecule has 5 heteroatoms. The Morgan fingerprint density at radius 2 is 1.86 bits per heavy atom. The molecule has 2 aromatic carbocycles. The lowest BCUT2D eigenvalue weighted by Crippen LogP contribution is -2.41. The Morgan fingerprint density at radius 1 is 1.07 bits per heavy atom. The van der Waals surface area contributed by atoms with Gasteiger partial charge < -0.3 is 10.1 Å². The zero-order valence-corrected chi connectivity index (χ0v) is 16.7. The fourth-order valence-electron chi connectivity index (χ4n) is 4.09. The smallest absolute Gasteiger partial charge is 0.325 e. The number of benzene rings is 2. The summed E-state index contributed by atoms with van der Waals surface area (Å²) in [7, 11) is 0. The van der Waals surface area contributed by atoms with E-state index in [1.54, 1.807) is 6.92 Å². The summed E-state index contributed by atoms with van der Waals surface area (Å²) in [5.74, 6) is 0.563. The van der Waals surface area contributed by atoms with E-state index in [1.165, 1.54) is 16.0 Å². The topological polar surface area (TPSA) is 58.6 Å². The molecular formula is C23H26N2O3. The largest absolute Gasteiger partial charge is 0.491 e. The third-order valence-corrected chi connectivity index (χ3v) is 5.87. The highest BCUT2D eigenvalue weighted by Gasteiger charge is 2.49. The van der Waals surface area contributed by atoms with Gasteiger partial charge in [0.2, 0.25) is 0 Å². The van der Waals surface area contributed by atoms with Gasteiger partial charge in [0.15, 0.2) is 0 Å². The van der Waals surface area contributed by atoms with Crippen LogP contribution in [0.15, 0.2) is 36.4 Å². The molecule has 1 N–H and O–H groups in total. The Kier molecular flexibility index (Phi) is 4.61. The van der Waals surface area contributed by atoms with Crippen LogP contribution in [-0.4, -0.2) is 30.0 Å². The van der Waals surface area contributed by atoms with Crippen LogP contribution in [0.2, 0.25) is 0 Å². The van der Waals surface area contributed by atoms with Crippen molar-refractivity contribution in [1.29, 1.82) is 0 Å². The Balaban J connectivity index is 1.47. The number of ether oxygens (including phenoxy) is 1. The molecule has 1 saturated heterocycles. The molecule has 1 heterocycles. The summed E-state index contributed by atoms with van der Waals surface area (Å²) in [6.45, 7) is 6.26. The normalized spacial score (nSPS) is 21.0. The van der Waals surface area contributed by atoms with E-state index >= 15 is 0 Å². The van der Waals surface area contributed by atoms with E-state index in [2.05, 4.69) is 17.4 Å². The highest BCUT2D eigenvalue weighted by molar-refractivity contribution is 6.07. The van der Waals surface area contributed by atoms with Gasteiger partial charge in [0.05, 0.1) is 6.54 Å². The van der Waals surface area contributed by atoms with E-state index in [9.17, 15) is 9.59 Å². The lowest BCUT2D eigenvalue weighted by atomic mass is 9.90. The van der Waals surface area contributed by atoms with Gasteiger partial charge in [0.25, 0.3) is 5.91 Å². The van der Waals surface area contributed by atoms with Crippen LogP contribution in [0.5, 0.6) is 5.75 Å². The fraction of sp³-hybridized carbons (Fsp3) is 0.391. The first kappa shape index (κ1) is 18.5. The summed E-state index contributed by atoms with van der Waals surface area (Å²) in [4.78, 5) is 26.9. The number of imide groups is 1. The van der Waals surface area contributed by atoms with Crippen LogP contribution in [0.4, 0.5) is 4.79 Å². The Labute approximate surface area is 165 Å². The summed E-state index contributed by atoms with van der Waals surface area (Å²) in [5.41, 5.74) is 4.61. The van der Waals surface area contributed by atoms with Crippen molar-refractivity contribution in [3.8, 4) is 5.75 Å². The lowest BCUT2D eigenvalue weighted by Gasteiger charge is -2.23. The number of carbonyl (C=O) groups excluding carboxylic acids is 2. The average Bonchev–Trinajstić information content (AvgIpc) is 3.22. The van der Waals surface area contributed by atoms with Crippen LogP contribution >= 0.6 is 0 Å². The molecule has 1 atom stereocenters. The molecule has 1 aliphatic carbocycles. The molecule has 0 aromatic heterocycles. The molecule has 0 spiro atoms. The minimum absolute atomic E-state index is 0.221. The maximum atomic E-state index is 13.1. The van der Waals surface area contributed by atoms with E-state index in [0.717, 1.165) is 41.7 Å². The summed E-state index contributed by atoms with van der Waals surface area (Å²) in [6.07, 6.45) is 3.28. The average molecular weight is 378 g/mol. The highest BCUT2D eigenvalue weighted by Crippen LogP contribution is 2.32. The second-order valence-corrected chi connectivity index (χ2v) is 7.97. The van der Waals surface area contributed by atoms with Crippen LogP contribution in [-0.2, 0) is 23.2 Å². The molecule has 1 fully saturated rings. The van der Waals surface area contributed by atoms with Crippen molar-refractivity contribution in [2.45, 2.75) is 45.6 Å². The standard InChI is InChI=1S/C23H26N2O3/c1-15-7-8-16(2)20(13-15)28-12-11-25-21(26)23(3,24-22(25)27)19-10-9-17-5-4-6-18(17)14-19/h7-10,13-14H,4-6,11-12H2,1-3H3,(H,24,27). The Bertz CT molecular complexity index is 953. The fourth-order valence-corrected chi connectivity index (χ4v) is 4.09. The van der Waals surface area contributed by atoms with Crippen LogP contribution in [0.1, 0.15) is 41.2 Å². The first-order valence-electron chi connectivity index (χ1n) is 9.85. The van der Waals surface area contributed by atoms with Gasteiger partial charge in [-0.1, -0.05) is 30.3 Å². The van der Waals surface area contributed by atoms with E-state index in [4.69, 9.17) is 4.74 Å². The molecule has 3 amide bonds. The minimum Gasteiger partial charge on any atom is -0.491 e. The van der Waals surface area contributed by atoms with Crippen molar-refractivity contribution >= 4 is 11.9 Å². The van der Waals surface area contributed by atoms with Gasteiger partial charge in [-0.15, -0.1) is 0 Å². The highest BCUT2D eigenvalue weighted by atomic mass is 16.5. The predicted molar refractivity (Wildman–Crippen MR) is 107 cm³/mol. The van der Waals surface area contributed by atoms with E-state index < -0.39 is 5.54 Å². The molecule has 0 bridgehead atoms. The van der Waals surface area contributed by atoms with Crippen molar-refractivity contribution in [2.24, 2.45) is 0 Å². The van der Waals surface area contributed by atoms with Crippen LogP contribution < -0.4 is 10.1 Å². The Morgan fingerprint density at radius 3 is 2.68 bits per heavy atom. The van der Waals surface area contributed by atoms with Crippen molar-refractivity contribution in [1.82, 2.24) is 10.2 Å². The molecule has 28 heavy (non-hydrogen) atoms. The van der Waals surface area contributed by atoms with Crippen LogP contribution in [0.25, 0.3) is 0 Å². The number of aryl methyl sites for hydroxylation is 4. The molecule has 0 radical (unpaired) electrons. The van der Waals surface area contributed by atoms with Gasteiger partial charge in [0.1, 0.15) is 17.9 Å². The number of nitrogens with zero attached hydrogens (tertiary/aromatic N) is 1. The summed E-state index contributed by atoms with van der Waals surface area (Å²) in [5, 5.41) is 2.89. The summed E-state index contributed by atoms with van der Waals surface area (Å²) >= 11 is 0. The predicted octanol–water partition coefficient (Wildman–Crippen LogP) is 3.64. The van der Waals surface area contributed by atoms with Gasteiger partial charge in [-0.25, -0.2) is 4.79 Å². The molecule has 4 rings (SSSR count). The number of hydrogen-bond acceptors (Lipinski definition) is 3. The van der Waals surface area contributed by atoms with E-state index in [-0.39, 0.29) is 25.1 Å². The quantitative estimate of drug-likeness (QED) is 0.808. The maximum Gasteiger partial charge on any atom is 0.325 e. The monoisotopic (exact) mass is 378 g/mol. The van der Waals surface area contributed by atoms with Crippen molar-refractivity contribution in [3.05, 3.63) is 64.2 Å². The Hall–Kier alpha value is -2.82. The summed E-state index contributed by atoms with van der Waals surface area (Å²) < 4.78 is 5.84. The summed E-state index contributed by atoms with van der Waals surface area (Å²) in [6, 6.07) is 11.8. The van der Waals surface area contributed by atoms with Crippen LogP contribution in [0, 0.1) is 13.8 Å². The number of hydrogen-bond donors (Lipinski definition) is 1. The number of nitrogens with one attached hydrogen (secondary N) is 1. The maximum absolute atomic E-state index is 13.1. The number of fused-ring (bicyclic) bond motifs is 1. The SMILES string of the molecule is Cc1ccc(C)c(OCCN2C(=O)NC(C)(c3ccc4c(c3)CCC4)C2=O)c1. The zero-order chi connectivity index (χ0) is 19.9. The second kappa shape index (κ2) is 6.97. The third kappa shape index (κ3) is 3.15. The molecule has 2 aliphatic rings. The molecular weight excluding hydrogens is 352 g/mol. The number of rotatable bonds is 5. The molecule has 5 nitrogen and oxygen atoms in total. The van der Waals surface area contributed by atoms with Crippen molar-refractivity contribution in [2.75, 3.05) is 13.2 Å². The van der Waals surface area contributed by atoms with E-state index in [0.29, 0.717) is 0 Å². The second-order valence-electron chi connectivity index (χ2n) is 7.97. The van der Waals surface area contributed by atoms with Crippen LogP contribution in [0.3, 0.4) is 0 Å². The van der Waals surface area contributed by atoms with Gasteiger partial charge in [-0.05, 0) is 73.9 Å². The first-order chi connectivity index (χ1) is 13.4. The number of amides is 3. The van der Waals surface area contributed by atoms with Gasteiger partial charge in [-0.2, -0.15) is 0 Å². The van der Waals surface area contributed by atoms with Gasteiger partial charge >= 0.3 is 6.03 Å². The van der Waals surface area contributed by atoms with Crippen molar-refractivity contribution in [3.63, 3.8) is 0 Å². The molecule has 1 aliphatic heterocycles. The van der Waals surface area contributed by atoms with Crippen molar-refractivity contribution < 1.29 is 14.3 Å². The first-order valence-corrected chi connectivity index (χ1v) is 9.85. The molecule has 2 aromatic rings. The van der Waals surface area contributed by atoms with E-state index in [1.807, 2.05) is 38.1 Å². The van der Waals surface area contributed by atoms with Gasteiger partial charge in [-0.3, -0.25) is 9.69 Å². The molecule has 0 saturated carbocycles. The third-order valence-electron chi connectivity index (χ3n) is 5.87. The molecule has 146 valence electrons. The number of urea groups is 1. The number of carbonyl (C=O) groups is 2. The van der Waals surface area contributed by atoms with Gasteiger partial charge in [0, 0.05) is 0 Å². The minimum atomic E-state index is -1.02.